The molecular weight excluding hydrogens is 368 g/mol. The molecule has 2 N–H and O–H groups in total. The lowest BCUT2D eigenvalue weighted by Crippen LogP contribution is -2.29. The predicted octanol–water partition coefficient (Wildman–Crippen LogP) is 1.37. The fraction of sp³-hybridized carbons (Fsp3) is 0.167. The van der Waals surface area contributed by atoms with E-state index in [1.165, 1.54) is 35.8 Å². The highest BCUT2D eigenvalue weighted by atomic mass is 32.2. The van der Waals surface area contributed by atoms with Crippen LogP contribution >= 0.6 is 0 Å². The minimum atomic E-state index is -3.80. The van der Waals surface area contributed by atoms with E-state index in [1.807, 2.05) is 0 Å². The van der Waals surface area contributed by atoms with Gasteiger partial charge in [-0.1, -0.05) is 12.1 Å². The first-order valence-electron chi connectivity index (χ1n) is 8.10. The molecule has 27 heavy (non-hydrogen) atoms. The van der Waals surface area contributed by atoms with E-state index in [0.717, 1.165) is 0 Å². The Bertz CT molecular complexity index is 1170. The number of rotatable bonds is 5. The fourth-order valence-corrected chi connectivity index (χ4v) is 3.57. The third-order valence-electron chi connectivity index (χ3n) is 3.98. The van der Waals surface area contributed by atoms with Crippen LogP contribution in [0.25, 0.3) is 10.9 Å². The molecule has 2 aromatic carbocycles. The van der Waals surface area contributed by atoms with Crippen molar-refractivity contribution in [2.75, 3.05) is 5.32 Å². The van der Waals surface area contributed by atoms with Gasteiger partial charge in [-0.15, -0.1) is 0 Å². The van der Waals surface area contributed by atoms with E-state index in [1.54, 1.807) is 31.3 Å². The van der Waals surface area contributed by atoms with Crippen LogP contribution in [-0.2, 0) is 28.4 Å². The number of hydrogen-bond donors (Lipinski definition) is 2. The van der Waals surface area contributed by atoms with Crippen LogP contribution in [0.3, 0.4) is 0 Å². The van der Waals surface area contributed by atoms with Gasteiger partial charge in [0.2, 0.25) is 15.9 Å². The topological polar surface area (TPSA) is 110 Å². The Morgan fingerprint density at radius 1 is 1.11 bits per heavy atom. The predicted molar refractivity (Wildman–Crippen MR) is 102 cm³/mol. The van der Waals surface area contributed by atoms with E-state index in [4.69, 9.17) is 0 Å². The molecule has 0 saturated carbocycles. The lowest BCUT2D eigenvalue weighted by molar-refractivity contribution is -0.114. The molecule has 3 rings (SSSR count). The lowest BCUT2D eigenvalue weighted by Gasteiger charge is -2.11. The van der Waals surface area contributed by atoms with Crippen molar-refractivity contribution in [1.82, 2.24) is 14.3 Å². The number of fused-ring (bicyclic) bond motifs is 1. The van der Waals surface area contributed by atoms with Gasteiger partial charge in [-0.25, -0.2) is 18.1 Å². The maximum absolute atomic E-state index is 12.5. The highest BCUT2D eigenvalue weighted by molar-refractivity contribution is 7.89. The van der Waals surface area contributed by atoms with Crippen LogP contribution in [0.2, 0.25) is 0 Å². The van der Waals surface area contributed by atoms with Crippen molar-refractivity contribution in [2.24, 2.45) is 7.05 Å². The molecule has 8 nitrogen and oxygen atoms in total. The number of carbonyl (C=O) groups is 1. The number of nitrogens with one attached hydrogen (secondary N) is 2. The molecule has 0 atom stereocenters. The standard InChI is InChI=1S/C18H18N4O4S/c1-12(23)20-13-7-9-14(10-8-13)27(25,26)19-11-17-21-16-6-4-3-5-15(16)18(24)22(17)2/h3-10,19H,11H2,1-2H3,(H,20,23). The summed E-state index contributed by atoms with van der Waals surface area (Å²) in [5, 5.41) is 3.04. The maximum atomic E-state index is 12.5. The Labute approximate surface area is 155 Å². The van der Waals surface area contributed by atoms with Crippen molar-refractivity contribution in [3.8, 4) is 0 Å². The normalized spacial score (nSPS) is 11.5. The van der Waals surface area contributed by atoms with Crippen LogP contribution < -0.4 is 15.6 Å². The summed E-state index contributed by atoms with van der Waals surface area (Å²) >= 11 is 0. The minimum absolute atomic E-state index is 0.0439. The molecule has 0 saturated heterocycles. The van der Waals surface area contributed by atoms with Gasteiger partial charge < -0.3 is 5.32 Å². The summed E-state index contributed by atoms with van der Waals surface area (Å²) < 4.78 is 28.7. The molecule has 1 amide bonds. The third-order valence-corrected chi connectivity index (χ3v) is 5.40. The quantitative estimate of drug-likeness (QED) is 0.688. The summed E-state index contributed by atoms with van der Waals surface area (Å²) in [6.07, 6.45) is 0. The average molecular weight is 386 g/mol. The summed E-state index contributed by atoms with van der Waals surface area (Å²) in [7, 11) is -2.26. The van der Waals surface area contributed by atoms with Crippen LogP contribution in [0.1, 0.15) is 12.7 Å². The van der Waals surface area contributed by atoms with Gasteiger partial charge in [0.15, 0.2) is 0 Å². The summed E-state index contributed by atoms with van der Waals surface area (Å²) in [5.41, 5.74) is 0.768. The zero-order valence-corrected chi connectivity index (χ0v) is 15.6. The van der Waals surface area contributed by atoms with E-state index in [-0.39, 0.29) is 22.9 Å². The first-order chi connectivity index (χ1) is 12.8. The highest BCUT2D eigenvalue weighted by Crippen LogP contribution is 2.14. The number of amides is 1. The smallest absolute Gasteiger partial charge is 0.261 e. The van der Waals surface area contributed by atoms with E-state index in [9.17, 15) is 18.0 Å². The highest BCUT2D eigenvalue weighted by Gasteiger charge is 2.16. The zero-order chi connectivity index (χ0) is 19.6. The number of nitrogens with zero attached hydrogens (tertiary/aromatic N) is 2. The van der Waals surface area contributed by atoms with Crippen LogP contribution in [0.4, 0.5) is 5.69 Å². The monoisotopic (exact) mass is 386 g/mol. The number of carbonyl (C=O) groups excluding carboxylic acids is 1. The van der Waals surface area contributed by atoms with E-state index in [0.29, 0.717) is 22.4 Å². The summed E-state index contributed by atoms with van der Waals surface area (Å²) in [4.78, 5) is 27.8. The Morgan fingerprint density at radius 2 is 1.78 bits per heavy atom. The Balaban J connectivity index is 1.83. The molecule has 0 aliphatic rings. The SMILES string of the molecule is CC(=O)Nc1ccc(S(=O)(=O)NCc2nc3ccccc3c(=O)n2C)cc1. The van der Waals surface area contributed by atoms with Gasteiger partial charge in [0.05, 0.1) is 22.3 Å². The first-order valence-corrected chi connectivity index (χ1v) is 9.58. The van der Waals surface area contributed by atoms with Crippen LogP contribution in [0, 0.1) is 0 Å². The molecule has 0 spiro atoms. The molecule has 0 unspecified atom stereocenters. The van der Waals surface area contributed by atoms with Crippen molar-refractivity contribution in [1.29, 1.82) is 0 Å². The van der Waals surface area contributed by atoms with Gasteiger partial charge >= 0.3 is 0 Å². The molecule has 0 bridgehead atoms. The van der Waals surface area contributed by atoms with Gasteiger partial charge in [-0.3, -0.25) is 14.2 Å². The van der Waals surface area contributed by atoms with Crippen molar-refractivity contribution in [3.05, 3.63) is 64.7 Å². The summed E-state index contributed by atoms with van der Waals surface area (Å²) in [6.45, 7) is 1.24. The number of sulfonamides is 1. The molecule has 0 fully saturated rings. The van der Waals surface area contributed by atoms with E-state index in [2.05, 4.69) is 15.0 Å². The summed E-state index contributed by atoms with van der Waals surface area (Å²) in [6, 6.07) is 12.7. The van der Waals surface area contributed by atoms with Crippen LogP contribution in [-0.4, -0.2) is 23.9 Å². The number of hydrogen-bond acceptors (Lipinski definition) is 5. The van der Waals surface area contributed by atoms with Gasteiger partial charge in [0.1, 0.15) is 5.82 Å². The fourth-order valence-electron chi connectivity index (χ4n) is 2.59. The van der Waals surface area contributed by atoms with Crippen molar-refractivity contribution < 1.29 is 13.2 Å². The molecule has 140 valence electrons. The Hall–Kier alpha value is -3.04. The van der Waals surface area contributed by atoms with Crippen LogP contribution in [0.15, 0.2) is 58.2 Å². The number of para-hydroxylation sites is 1. The number of benzene rings is 2. The van der Waals surface area contributed by atoms with Crippen molar-refractivity contribution >= 4 is 32.5 Å². The molecule has 1 aromatic heterocycles. The van der Waals surface area contributed by atoms with Gasteiger partial charge in [0.25, 0.3) is 5.56 Å². The second-order valence-electron chi connectivity index (χ2n) is 5.94. The van der Waals surface area contributed by atoms with Crippen molar-refractivity contribution in [3.63, 3.8) is 0 Å². The number of aromatic nitrogens is 2. The Morgan fingerprint density at radius 3 is 2.44 bits per heavy atom. The van der Waals surface area contributed by atoms with Gasteiger partial charge in [-0.2, -0.15) is 0 Å². The second kappa shape index (κ2) is 7.29. The number of anilines is 1. The molecular formula is C18H18N4O4S. The zero-order valence-electron chi connectivity index (χ0n) is 14.8. The molecule has 1 heterocycles. The minimum Gasteiger partial charge on any atom is -0.326 e. The molecule has 9 heteroatoms. The maximum Gasteiger partial charge on any atom is 0.261 e. The molecule has 3 aromatic rings. The van der Waals surface area contributed by atoms with E-state index < -0.39 is 10.0 Å². The first kappa shape index (κ1) is 18.7. The molecule has 0 aliphatic heterocycles. The van der Waals surface area contributed by atoms with Crippen molar-refractivity contribution in [2.45, 2.75) is 18.4 Å². The third kappa shape index (κ3) is 4.04. The van der Waals surface area contributed by atoms with E-state index >= 15 is 0 Å². The van der Waals surface area contributed by atoms with Crippen LogP contribution in [0.5, 0.6) is 0 Å². The average Bonchev–Trinajstić information content (AvgIpc) is 2.63. The van der Waals surface area contributed by atoms with Gasteiger partial charge in [-0.05, 0) is 36.4 Å². The largest absolute Gasteiger partial charge is 0.326 e. The molecule has 0 radical (unpaired) electrons. The summed E-state index contributed by atoms with van der Waals surface area (Å²) in [5.74, 6) is 0.0594. The molecule has 0 aliphatic carbocycles. The Kier molecular flexibility index (Phi) is 5.06. The second-order valence-corrected chi connectivity index (χ2v) is 7.71. The van der Waals surface area contributed by atoms with Gasteiger partial charge in [0, 0.05) is 19.7 Å². The lowest BCUT2D eigenvalue weighted by atomic mass is 10.2.